The van der Waals surface area contributed by atoms with E-state index in [1.54, 1.807) is 0 Å². The minimum absolute atomic E-state index is 0.0252. The average Bonchev–Trinajstić information content (AvgIpc) is 3.61. The second-order valence-electron chi connectivity index (χ2n) is 10.5. The Balaban J connectivity index is 1.20. The van der Waals surface area contributed by atoms with Gasteiger partial charge in [-0.1, -0.05) is 30.3 Å². The number of piperidine rings is 3. The molecule has 7 rings (SSSR count). The molecule has 4 nitrogen and oxygen atoms in total. The lowest BCUT2D eigenvalue weighted by Crippen LogP contribution is -2.53. The van der Waals surface area contributed by atoms with E-state index in [2.05, 4.69) is 16.3 Å². The molecule has 0 aromatic heterocycles. The minimum atomic E-state index is -4.34. The topological polar surface area (TPSA) is 41.6 Å². The zero-order chi connectivity index (χ0) is 23.5. The zero-order valence-corrected chi connectivity index (χ0v) is 19.0. The first kappa shape index (κ1) is 22.0. The summed E-state index contributed by atoms with van der Waals surface area (Å²) in [6, 6.07) is 11.3. The molecule has 34 heavy (non-hydrogen) atoms. The molecule has 2 bridgehead atoms. The van der Waals surface area contributed by atoms with Crippen LogP contribution in [0.3, 0.4) is 0 Å². The molecule has 2 atom stereocenters. The Morgan fingerprint density at radius 2 is 1.71 bits per heavy atom. The molecule has 1 unspecified atom stereocenters. The maximum atomic E-state index is 12.9. The van der Waals surface area contributed by atoms with E-state index < -0.39 is 11.7 Å². The number of rotatable bonds is 3. The van der Waals surface area contributed by atoms with Gasteiger partial charge in [0.05, 0.1) is 11.6 Å². The van der Waals surface area contributed by atoms with Gasteiger partial charge in [-0.25, -0.2) is 4.79 Å². The van der Waals surface area contributed by atoms with E-state index in [-0.39, 0.29) is 23.7 Å². The van der Waals surface area contributed by atoms with Crippen molar-refractivity contribution in [1.29, 1.82) is 0 Å². The number of halogens is 3. The lowest BCUT2D eigenvalue weighted by atomic mass is 9.76. The number of nitrogens with one attached hydrogen (secondary N) is 1. The van der Waals surface area contributed by atoms with Gasteiger partial charge in [0.2, 0.25) is 0 Å². The number of carbonyl (C=O) groups is 1. The largest absolute Gasteiger partial charge is 0.445 e. The molecule has 180 valence electrons. The van der Waals surface area contributed by atoms with Crippen molar-refractivity contribution in [2.24, 2.45) is 11.3 Å². The molecular formula is C27H29F3N2O2. The monoisotopic (exact) mass is 470 g/mol. The first-order chi connectivity index (χ1) is 16.3. The smallest absolute Gasteiger partial charge is 0.416 e. The number of fused-ring (bicyclic) bond motifs is 4. The summed E-state index contributed by atoms with van der Waals surface area (Å²) in [5.41, 5.74) is 3.39. The molecular weight excluding hydrogens is 441 g/mol. The fraction of sp³-hybridized carbons (Fsp3) is 0.519. The normalized spacial score (nSPS) is 28.9. The van der Waals surface area contributed by atoms with Crippen LogP contribution < -0.4 is 5.32 Å². The minimum Gasteiger partial charge on any atom is -0.445 e. The Kier molecular flexibility index (Phi) is 5.17. The fourth-order valence-corrected chi connectivity index (χ4v) is 6.26. The van der Waals surface area contributed by atoms with Gasteiger partial charge in [-0.15, -0.1) is 0 Å². The molecule has 3 saturated heterocycles. The van der Waals surface area contributed by atoms with E-state index in [4.69, 9.17) is 4.74 Å². The number of benzene rings is 2. The predicted octanol–water partition coefficient (Wildman–Crippen LogP) is 5.96. The van der Waals surface area contributed by atoms with Crippen LogP contribution >= 0.6 is 0 Å². The summed E-state index contributed by atoms with van der Waals surface area (Å²) in [7, 11) is 0. The summed E-state index contributed by atoms with van der Waals surface area (Å²) in [4.78, 5) is 15.3. The number of alkyl carbamates (subject to hydrolysis) is 1. The van der Waals surface area contributed by atoms with Crippen LogP contribution in [-0.4, -0.2) is 36.7 Å². The summed E-state index contributed by atoms with van der Waals surface area (Å²) < 4.78 is 44.7. The molecule has 7 heteroatoms. The molecule has 2 aromatic rings. The van der Waals surface area contributed by atoms with Crippen LogP contribution in [0.15, 0.2) is 42.5 Å². The van der Waals surface area contributed by atoms with Gasteiger partial charge in [0.25, 0.3) is 0 Å². The lowest BCUT2D eigenvalue weighted by Gasteiger charge is -2.44. The zero-order valence-electron chi connectivity index (χ0n) is 19.0. The second kappa shape index (κ2) is 8.01. The molecule has 4 fully saturated rings. The Hall–Kier alpha value is -2.54. The lowest BCUT2D eigenvalue weighted by molar-refractivity contribution is -0.137. The van der Waals surface area contributed by atoms with Crippen molar-refractivity contribution in [2.45, 2.75) is 56.8 Å². The number of ether oxygens (including phenoxy) is 1. The molecule has 1 amide bonds. The highest BCUT2D eigenvalue weighted by atomic mass is 19.4. The van der Waals surface area contributed by atoms with Crippen LogP contribution in [0.1, 0.15) is 54.8 Å². The number of carbonyl (C=O) groups excluding carboxylic acids is 1. The van der Waals surface area contributed by atoms with Crippen molar-refractivity contribution in [3.63, 3.8) is 0 Å². The summed E-state index contributed by atoms with van der Waals surface area (Å²) in [5.74, 6) is 0.468. The average molecular weight is 471 g/mol. The molecule has 0 radical (unpaired) electrons. The number of nitrogens with zero attached hydrogens (tertiary/aromatic N) is 1. The van der Waals surface area contributed by atoms with Gasteiger partial charge < -0.3 is 10.1 Å². The van der Waals surface area contributed by atoms with Gasteiger partial charge in [0, 0.05) is 6.54 Å². The van der Waals surface area contributed by atoms with Crippen LogP contribution in [0.2, 0.25) is 0 Å². The molecule has 3 aliphatic heterocycles. The van der Waals surface area contributed by atoms with Crippen LogP contribution in [0, 0.1) is 11.3 Å². The Labute approximate surface area is 197 Å². The quantitative estimate of drug-likeness (QED) is 0.602. The summed E-state index contributed by atoms with van der Waals surface area (Å²) in [6.07, 6.45) is 1.61. The van der Waals surface area contributed by atoms with E-state index in [1.165, 1.54) is 12.1 Å². The maximum Gasteiger partial charge on any atom is 0.416 e. The molecule has 1 spiro atoms. The Morgan fingerprint density at radius 3 is 2.32 bits per heavy atom. The second-order valence-corrected chi connectivity index (χ2v) is 10.5. The predicted molar refractivity (Wildman–Crippen MR) is 122 cm³/mol. The van der Waals surface area contributed by atoms with Crippen LogP contribution in [0.5, 0.6) is 0 Å². The van der Waals surface area contributed by atoms with E-state index >= 15 is 0 Å². The third-order valence-electron chi connectivity index (χ3n) is 8.51. The van der Waals surface area contributed by atoms with Crippen LogP contribution in [0.4, 0.5) is 18.0 Å². The number of hydrogen-bond donors (Lipinski definition) is 1. The van der Waals surface area contributed by atoms with Gasteiger partial charge in [0.15, 0.2) is 0 Å². The number of alkyl halides is 3. The van der Waals surface area contributed by atoms with Gasteiger partial charge in [-0.3, -0.25) is 4.90 Å². The van der Waals surface area contributed by atoms with Crippen LogP contribution in [0.25, 0.3) is 11.1 Å². The van der Waals surface area contributed by atoms with Crippen molar-refractivity contribution in [1.82, 2.24) is 10.2 Å². The van der Waals surface area contributed by atoms with E-state index in [9.17, 15) is 18.0 Å². The van der Waals surface area contributed by atoms with Gasteiger partial charge in [-0.2, -0.15) is 13.2 Å². The molecule has 1 N–H and O–H groups in total. The highest BCUT2D eigenvalue weighted by Gasteiger charge is 2.53. The van der Waals surface area contributed by atoms with Crippen molar-refractivity contribution in [2.75, 3.05) is 19.6 Å². The molecule has 2 aliphatic carbocycles. The maximum absolute atomic E-state index is 12.9. The third kappa shape index (κ3) is 3.98. The van der Waals surface area contributed by atoms with E-state index in [0.29, 0.717) is 5.92 Å². The van der Waals surface area contributed by atoms with Gasteiger partial charge in [-0.05, 0) is 97.3 Å². The van der Waals surface area contributed by atoms with Crippen molar-refractivity contribution in [3.8, 4) is 11.1 Å². The standard InChI is InChI=1S/C27H29F3N2O2/c28-27(29,30)21-4-1-17(2-5-21)19-3-6-22-20(15-19)7-10-26(11-12-26)24(22)31-25(33)34-23-16-32-13-8-18(23)9-14-32/h1-6,15,18,23-24H,7-14,16H2,(H,31,33)/t23-,24?/m0/s1. The highest BCUT2D eigenvalue weighted by Crippen LogP contribution is 2.61. The molecule has 2 aromatic carbocycles. The van der Waals surface area contributed by atoms with Crippen molar-refractivity contribution in [3.05, 3.63) is 59.2 Å². The summed E-state index contributed by atoms with van der Waals surface area (Å²) in [6.45, 7) is 3.04. The Morgan fingerprint density at radius 1 is 1.00 bits per heavy atom. The summed E-state index contributed by atoms with van der Waals surface area (Å²) >= 11 is 0. The molecule has 1 saturated carbocycles. The SMILES string of the molecule is O=C(NC1c2ccc(-c3ccc(C(F)(F)F)cc3)cc2CCC12CC2)O[C@H]1CN2CCC1CC2. The van der Waals surface area contributed by atoms with Crippen LogP contribution in [-0.2, 0) is 17.3 Å². The first-order valence-corrected chi connectivity index (χ1v) is 12.3. The third-order valence-corrected chi connectivity index (χ3v) is 8.51. The molecule has 5 aliphatic rings. The van der Waals surface area contributed by atoms with Crippen molar-refractivity contribution >= 4 is 6.09 Å². The van der Waals surface area contributed by atoms with Crippen molar-refractivity contribution < 1.29 is 22.7 Å². The van der Waals surface area contributed by atoms with Gasteiger partial charge in [0.1, 0.15) is 6.10 Å². The Bertz CT molecular complexity index is 1090. The number of hydrogen-bond acceptors (Lipinski definition) is 3. The number of amides is 1. The van der Waals surface area contributed by atoms with E-state index in [1.807, 2.05) is 12.1 Å². The highest BCUT2D eigenvalue weighted by molar-refractivity contribution is 5.70. The van der Waals surface area contributed by atoms with Gasteiger partial charge >= 0.3 is 12.3 Å². The first-order valence-electron chi connectivity index (χ1n) is 12.3. The van der Waals surface area contributed by atoms with E-state index in [0.717, 1.165) is 92.5 Å². The number of aryl methyl sites for hydroxylation is 1. The molecule has 3 heterocycles. The summed E-state index contributed by atoms with van der Waals surface area (Å²) in [5, 5.41) is 3.21. The fourth-order valence-electron chi connectivity index (χ4n) is 6.26.